The van der Waals surface area contributed by atoms with Crippen molar-refractivity contribution in [3.8, 4) is 5.75 Å². The van der Waals surface area contributed by atoms with Crippen molar-refractivity contribution in [2.24, 2.45) is 0 Å². The molecule has 1 aliphatic heterocycles. The molecule has 7 heteroatoms. The minimum absolute atomic E-state index is 0.0513. The van der Waals surface area contributed by atoms with Gasteiger partial charge in [0.25, 0.3) is 5.91 Å². The summed E-state index contributed by atoms with van der Waals surface area (Å²) in [5, 5.41) is 0. The molecule has 1 aliphatic rings. The van der Waals surface area contributed by atoms with Gasteiger partial charge in [0, 0.05) is 5.69 Å². The van der Waals surface area contributed by atoms with Crippen molar-refractivity contribution in [2.45, 2.75) is 19.2 Å². The molecule has 0 aliphatic carbocycles. The number of anilines is 2. The van der Waals surface area contributed by atoms with Crippen molar-refractivity contribution in [1.82, 2.24) is 0 Å². The van der Waals surface area contributed by atoms with Gasteiger partial charge >= 0.3 is 6.18 Å². The fourth-order valence-corrected chi connectivity index (χ4v) is 1.77. The molecule has 98 valence electrons. The lowest BCUT2D eigenvalue weighted by Gasteiger charge is -2.33. The van der Waals surface area contributed by atoms with Crippen molar-refractivity contribution < 1.29 is 22.7 Å². The van der Waals surface area contributed by atoms with Gasteiger partial charge in [0.2, 0.25) is 0 Å². The molecular formula is C11H11F3N2O2. The van der Waals surface area contributed by atoms with E-state index in [1.54, 1.807) is 0 Å². The number of nitrogens with zero attached hydrogens (tertiary/aromatic N) is 1. The Morgan fingerprint density at radius 3 is 2.72 bits per heavy atom. The summed E-state index contributed by atoms with van der Waals surface area (Å²) in [5.74, 6) is -0.508. The van der Waals surface area contributed by atoms with Crippen LogP contribution in [0.5, 0.6) is 5.75 Å². The summed E-state index contributed by atoms with van der Waals surface area (Å²) >= 11 is 0. The molecule has 1 aromatic rings. The summed E-state index contributed by atoms with van der Waals surface area (Å²) in [7, 11) is 0. The number of benzene rings is 1. The Labute approximate surface area is 101 Å². The number of nitrogen functional groups attached to an aromatic ring is 1. The number of halogens is 3. The standard InChI is InChI=1S/C11H11F3N2O2/c1-6-10(17)16(5-11(12,13)14)8-4-7(15)2-3-9(8)18-6/h2-4,6H,5,15H2,1H3. The number of ether oxygens (including phenoxy) is 1. The molecule has 0 aromatic heterocycles. The Hall–Kier alpha value is -1.92. The predicted molar refractivity (Wildman–Crippen MR) is 59.4 cm³/mol. The van der Waals surface area contributed by atoms with Crippen LogP contribution >= 0.6 is 0 Å². The van der Waals surface area contributed by atoms with Crippen molar-refractivity contribution in [3.63, 3.8) is 0 Å². The van der Waals surface area contributed by atoms with Gasteiger partial charge in [0.05, 0.1) is 5.69 Å². The van der Waals surface area contributed by atoms with E-state index in [0.29, 0.717) is 4.90 Å². The van der Waals surface area contributed by atoms with E-state index >= 15 is 0 Å². The highest BCUT2D eigenvalue weighted by molar-refractivity contribution is 6.00. The lowest BCUT2D eigenvalue weighted by Crippen LogP contribution is -2.48. The first kappa shape index (κ1) is 12.5. The Kier molecular flexibility index (Phi) is 2.84. The van der Waals surface area contributed by atoms with Gasteiger partial charge in [-0.2, -0.15) is 13.2 Å². The van der Waals surface area contributed by atoms with Crippen LogP contribution in [-0.2, 0) is 4.79 Å². The molecular weight excluding hydrogens is 249 g/mol. The van der Waals surface area contributed by atoms with Crippen LogP contribution in [0, 0.1) is 0 Å². The lowest BCUT2D eigenvalue weighted by atomic mass is 10.1. The quantitative estimate of drug-likeness (QED) is 0.785. The summed E-state index contributed by atoms with van der Waals surface area (Å²) in [6.45, 7) is 0.0565. The lowest BCUT2D eigenvalue weighted by molar-refractivity contribution is -0.137. The van der Waals surface area contributed by atoms with Gasteiger partial charge in [0.15, 0.2) is 6.10 Å². The Morgan fingerprint density at radius 1 is 1.44 bits per heavy atom. The second kappa shape index (κ2) is 4.08. The fourth-order valence-electron chi connectivity index (χ4n) is 1.77. The van der Waals surface area contributed by atoms with Gasteiger partial charge in [-0.05, 0) is 25.1 Å². The molecule has 0 saturated heterocycles. The number of hydrogen-bond donors (Lipinski definition) is 1. The normalized spacial score (nSPS) is 19.4. The van der Waals surface area contributed by atoms with Gasteiger partial charge < -0.3 is 10.5 Å². The van der Waals surface area contributed by atoms with Gasteiger partial charge in [0.1, 0.15) is 12.3 Å². The number of amides is 1. The first-order chi connectivity index (χ1) is 8.28. The molecule has 18 heavy (non-hydrogen) atoms. The predicted octanol–water partition coefficient (Wildman–Crippen LogP) is 1.95. The summed E-state index contributed by atoms with van der Waals surface area (Å²) in [4.78, 5) is 12.4. The van der Waals surface area contributed by atoms with Crippen LogP contribution in [0.2, 0.25) is 0 Å². The Balaban J connectivity index is 2.44. The Bertz CT molecular complexity index is 488. The topological polar surface area (TPSA) is 55.6 Å². The molecule has 1 aromatic carbocycles. The Morgan fingerprint density at radius 2 is 2.11 bits per heavy atom. The highest BCUT2D eigenvalue weighted by Crippen LogP contribution is 2.37. The van der Waals surface area contributed by atoms with Gasteiger partial charge in [-0.3, -0.25) is 9.69 Å². The number of alkyl halides is 3. The summed E-state index contributed by atoms with van der Waals surface area (Å²) in [6, 6.07) is 4.26. The van der Waals surface area contributed by atoms with Gasteiger partial charge in [-0.15, -0.1) is 0 Å². The smallest absolute Gasteiger partial charge is 0.406 e. The highest BCUT2D eigenvalue weighted by Gasteiger charge is 2.39. The molecule has 1 atom stereocenters. The van der Waals surface area contributed by atoms with E-state index in [-0.39, 0.29) is 17.1 Å². The number of hydrogen-bond acceptors (Lipinski definition) is 3. The number of nitrogens with two attached hydrogens (primary N) is 1. The minimum Gasteiger partial charge on any atom is -0.479 e. The summed E-state index contributed by atoms with van der Waals surface area (Å²) in [5.41, 5.74) is 5.83. The first-order valence-corrected chi connectivity index (χ1v) is 5.22. The van der Waals surface area contributed by atoms with E-state index in [9.17, 15) is 18.0 Å². The van der Waals surface area contributed by atoms with Crippen molar-refractivity contribution in [1.29, 1.82) is 0 Å². The van der Waals surface area contributed by atoms with E-state index in [4.69, 9.17) is 10.5 Å². The molecule has 1 amide bonds. The summed E-state index contributed by atoms with van der Waals surface area (Å²) in [6.07, 6.45) is -5.42. The van der Waals surface area contributed by atoms with E-state index < -0.39 is 24.7 Å². The number of rotatable bonds is 1. The average Bonchev–Trinajstić information content (AvgIpc) is 2.24. The molecule has 1 heterocycles. The maximum absolute atomic E-state index is 12.5. The average molecular weight is 260 g/mol. The first-order valence-electron chi connectivity index (χ1n) is 5.22. The molecule has 0 spiro atoms. The number of fused-ring (bicyclic) bond motifs is 1. The van der Waals surface area contributed by atoms with E-state index in [1.807, 2.05) is 0 Å². The third kappa shape index (κ3) is 2.34. The van der Waals surface area contributed by atoms with E-state index in [2.05, 4.69) is 0 Å². The molecule has 2 N–H and O–H groups in total. The fraction of sp³-hybridized carbons (Fsp3) is 0.364. The molecule has 0 bridgehead atoms. The van der Waals surface area contributed by atoms with Gasteiger partial charge in [-0.25, -0.2) is 0 Å². The monoisotopic (exact) mass is 260 g/mol. The third-order valence-electron chi connectivity index (χ3n) is 2.53. The van der Waals surface area contributed by atoms with Crippen LogP contribution in [0.1, 0.15) is 6.92 Å². The minimum atomic E-state index is -4.48. The SMILES string of the molecule is CC1Oc2ccc(N)cc2N(CC(F)(F)F)C1=O. The van der Waals surface area contributed by atoms with E-state index in [1.165, 1.54) is 25.1 Å². The van der Waals surface area contributed by atoms with Crippen LogP contribution < -0.4 is 15.4 Å². The van der Waals surface area contributed by atoms with Crippen LogP contribution in [0.4, 0.5) is 24.5 Å². The zero-order valence-electron chi connectivity index (χ0n) is 9.49. The molecule has 1 unspecified atom stereocenters. The van der Waals surface area contributed by atoms with Crippen LogP contribution in [0.25, 0.3) is 0 Å². The second-order valence-electron chi connectivity index (χ2n) is 4.03. The van der Waals surface area contributed by atoms with Crippen molar-refractivity contribution >= 4 is 17.3 Å². The van der Waals surface area contributed by atoms with Crippen LogP contribution in [-0.4, -0.2) is 24.7 Å². The molecule has 2 rings (SSSR count). The maximum Gasteiger partial charge on any atom is 0.406 e. The van der Waals surface area contributed by atoms with Crippen LogP contribution in [0.15, 0.2) is 18.2 Å². The van der Waals surface area contributed by atoms with Crippen molar-refractivity contribution in [3.05, 3.63) is 18.2 Å². The zero-order valence-corrected chi connectivity index (χ0v) is 9.49. The maximum atomic E-state index is 12.5. The van der Waals surface area contributed by atoms with Crippen LogP contribution in [0.3, 0.4) is 0 Å². The number of carbonyl (C=O) groups is 1. The van der Waals surface area contributed by atoms with Crippen molar-refractivity contribution in [2.75, 3.05) is 17.2 Å². The largest absolute Gasteiger partial charge is 0.479 e. The number of carbonyl (C=O) groups excluding carboxylic acids is 1. The third-order valence-corrected chi connectivity index (χ3v) is 2.53. The summed E-state index contributed by atoms with van der Waals surface area (Å²) < 4.78 is 42.6. The van der Waals surface area contributed by atoms with E-state index in [0.717, 1.165) is 0 Å². The molecule has 0 fully saturated rings. The van der Waals surface area contributed by atoms with Gasteiger partial charge in [-0.1, -0.05) is 0 Å². The second-order valence-corrected chi connectivity index (χ2v) is 4.03. The molecule has 0 radical (unpaired) electrons. The molecule has 4 nitrogen and oxygen atoms in total. The highest BCUT2D eigenvalue weighted by atomic mass is 19.4. The molecule has 0 saturated carbocycles. The zero-order chi connectivity index (χ0) is 13.5.